The summed E-state index contributed by atoms with van der Waals surface area (Å²) in [7, 11) is 0. The minimum Gasteiger partial charge on any atom is -0.379 e. The van der Waals surface area contributed by atoms with Crippen LogP contribution in [0.25, 0.3) is 5.52 Å². The Hall–Kier alpha value is -0.910. The summed E-state index contributed by atoms with van der Waals surface area (Å²) >= 11 is 3.52. The second kappa shape index (κ2) is 4.99. The molecule has 0 N–H and O–H groups in total. The number of morpholine rings is 1. The average Bonchev–Trinajstić information content (AvgIpc) is 2.67. The van der Waals surface area contributed by atoms with Gasteiger partial charge >= 0.3 is 0 Å². The first-order valence-electron chi connectivity index (χ1n) is 6.17. The minimum absolute atomic E-state index is 0.825. The number of aryl methyl sites for hydroxylation is 1. The maximum atomic E-state index is 5.37. The molecule has 0 aromatic carbocycles. The van der Waals surface area contributed by atoms with Crippen molar-refractivity contribution in [1.29, 1.82) is 0 Å². The molecule has 96 valence electrons. The van der Waals surface area contributed by atoms with E-state index in [4.69, 9.17) is 4.74 Å². The van der Waals surface area contributed by atoms with Gasteiger partial charge in [0.2, 0.25) is 0 Å². The smallest absolute Gasteiger partial charge is 0.182 e. The van der Waals surface area contributed by atoms with Crippen LogP contribution in [0.5, 0.6) is 0 Å². The molecule has 0 bridgehead atoms. The van der Waals surface area contributed by atoms with Gasteiger partial charge in [0.1, 0.15) is 0 Å². The number of nitrogens with zero attached hydrogens (tertiary/aromatic N) is 3. The molecule has 2 aromatic rings. The van der Waals surface area contributed by atoms with Crippen molar-refractivity contribution in [3.8, 4) is 0 Å². The van der Waals surface area contributed by atoms with Crippen LogP contribution in [0.4, 0.5) is 0 Å². The number of aromatic nitrogens is 2. The number of imidazole rings is 1. The summed E-state index contributed by atoms with van der Waals surface area (Å²) in [6, 6.07) is 4.28. The van der Waals surface area contributed by atoms with Crippen molar-refractivity contribution in [1.82, 2.24) is 14.3 Å². The Balaban J connectivity index is 1.93. The number of fused-ring (bicyclic) bond motifs is 1. The SMILES string of the molecule is Cc1ccn2c(Br)nc(CN3CCOCC3)c2c1. The topological polar surface area (TPSA) is 29.8 Å². The summed E-state index contributed by atoms with van der Waals surface area (Å²) in [6.07, 6.45) is 2.06. The van der Waals surface area contributed by atoms with Crippen LogP contribution >= 0.6 is 15.9 Å². The number of hydrogen-bond donors (Lipinski definition) is 0. The molecular formula is C13H16BrN3O. The maximum absolute atomic E-state index is 5.37. The Bertz CT molecular complexity index is 561. The van der Waals surface area contributed by atoms with Crippen molar-refractivity contribution < 1.29 is 4.74 Å². The van der Waals surface area contributed by atoms with Gasteiger partial charge in [-0.15, -0.1) is 0 Å². The van der Waals surface area contributed by atoms with Gasteiger partial charge in [-0.1, -0.05) is 0 Å². The first-order chi connectivity index (χ1) is 8.74. The number of pyridine rings is 1. The van der Waals surface area contributed by atoms with E-state index in [1.165, 1.54) is 11.1 Å². The molecule has 5 heteroatoms. The third-order valence-corrected chi connectivity index (χ3v) is 3.87. The normalized spacial score (nSPS) is 17.4. The summed E-state index contributed by atoms with van der Waals surface area (Å²) in [5, 5.41) is 0. The van der Waals surface area contributed by atoms with E-state index in [2.05, 4.69) is 55.5 Å². The highest BCUT2D eigenvalue weighted by Crippen LogP contribution is 2.20. The van der Waals surface area contributed by atoms with Crippen LogP contribution in [0.3, 0.4) is 0 Å². The quantitative estimate of drug-likeness (QED) is 0.852. The monoisotopic (exact) mass is 309 g/mol. The van der Waals surface area contributed by atoms with Gasteiger partial charge in [-0.25, -0.2) is 4.98 Å². The Labute approximate surface area is 115 Å². The van der Waals surface area contributed by atoms with Crippen molar-refractivity contribution in [2.45, 2.75) is 13.5 Å². The molecule has 1 aliphatic rings. The van der Waals surface area contributed by atoms with E-state index in [1.54, 1.807) is 0 Å². The molecule has 0 aliphatic carbocycles. The van der Waals surface area contributed by atoms with Crippen LogP contribution in [-0.4, -0.2) is 40.6 Å². The predicted octanol–water partition coefficient (Wildman–Crippen LogP) is 2.24. The van der Waals surface area contributed by atoms with E-state index in [1.807, 2.05) is 0 Å². The number of hydrogen-bond acceptors (Lipinski definition) is 3. The van der Waals surface area contributed by atoms with Gasteiger partial charge in [0.05, 0.1) is 24.4 Å². The lowest BCUT2D eigenvalue weighted by Gasteiger charge is -2.25. The van der Waals surface area contributed by atoms with Crippen LogP contribution in [0.1, 0.15) is 11.3 Å². The highest BCUT2D eigenvalue weighted by molar-refractivity contribution is 9.10. The number of ether oxygens (including phenoxy) is 1. The highest BCUT2D eigenvalue weighted by Gasteiger charge is 2.15. The molecule has 0 saturated carbocycles. The first-order valence-corrected chi connectivity index (χ1v) is 6.96. The number of halogens is 1. The maximum Gasteiger partial charge on any atom is 0.182 e. The van der Waals surface area contributed by atoms with E-state index >= 15 is 0 Å². The van der Waals surface area contributed by atoms with Gasteiger partial charge in [-0.3, -0.25) is 9.30 Å². The predicted molar refractivity (Wildman–Crippen MR) is 73.7 cm³/mol. The zero-order valence-electron chi connectivity index (χ0n) is 10.4. The second-order valence-corrected chi connectivity index (χ2v) is 5.38. The van der Waals surface area contributed by atoms with Crippen LogP contribution in [0.2, 0.25) is 0 Å². The average molecular weight is 310 g/mol. The molecule has 0 amide bonds. The van der Waals surface area contributed by atoms with Crippen LogP contribution in [0.15, 0.2) is 23.1 Å². The van der Waals surface area contributed by atoms with E-state index in [-0.39, 0.29) is 0 Å². The fraction of sp³-hybridized carbons (Fsp3) is 0.462. The lowest BCUT2D eigenvalue weighted by Crippen LogP contribution is -2.35. The second-order valence-electron chi connectivity index (χ2n) is 4.68. The summed E-state index contributed by atoms with van der Waals surface area (Å²) in [5.74, 6) is 0. The zero-order chi connectivity index (χ0) is 12.5. The lowest BCUT2D eigenvalue weighted by atomic mass is 10.2. The van der Waals surface area contributed by atoms with E-state index in [9.17, 15) is 0 Å². The summed E-state index contributed by atoms with van der Waals surface area (Å²) in [5.41, 5.74) is 3.58. The van der Waals surface area contributed by atoms with Gasteiger partial charge in [0.25, 0.3) is 0 Å². The van der Waals surface area contributed by atoms with Gasteiger partial charge in [0.15, 0.2) is 4.73 Å². The van der Waals surface area contributed by atoms with Crippen LogP contribution in [0, 0.1) is 6.92 Å². The highest BCUT2D eigenvalue weighted by atomic mass is 79.9. The van der Waals surface area contributed by atoms with Crippen LogP contribution < -0.4 is 0 Å². The third-order valence-electron chi connectivity index (χ3n) is 3.31. The standard InChI is InChI=1S/C13H16BrN3O/c1-10-2-3-17-12(8-10)11(15-13(17)14)9-16-4-6-18-7-5-16/h2-3,8H,4-7,9H2,1H3. The van der Waals surface area contributed by atoms with Gasteiger partial charge in [-0.2, -0.15) is 0 Å². The van der Waals surface area contributed by atoms with E-state index in [0.29, 0.717) is 0 Å². The lowest BCUT2D eigenvalue weighted by molar-refractivity contribution is 0.0339. The first kappa shape index (κ1) is 12.1. The third kappa shape index (κ3) is 2.30. The fourth-order valence-corrected chi connectivity index (χ4v) is 2.82. The molecule has 3 rings (SSSR count). The van der Waals surface area contributed by atoms with E-state index < -0.39 is 0 Å². The molecule has 3 heterocycles. The molecule has 1 aliphatic heterocycles. The zero-order valence-corrected chi connectivity index (χ0v) is 12.0. The Morgan fingerprint density at radius 1 is 1.39 bits per heavy atom. The fourth-order valence-electron chi connectivity index (χ4n) is 2.30. The Morgan fingerprint density at radius 3 is 2.94 bits per heavy atom. The van der Waals surface area contributed by atoms with Crippen molar-refractivity contribution >= 4 is 21.4 Å². The molecule has 0 radical (unpaired) electrons. The van der Waals surface area contributed by atoms with Crippen LogP contribution in [-0.2, 0) is 11.3 Å². The Kier molecular flexibility index (Phi) is 3.37. The largest absolute Gasteiger partial charge is 0.379 e. The van der Waals surface area contributed by atoms with Crippen molar-refractivity contribution in [2.24, 2.45) is 0 Å². The molecule has 0 spiro atoms. The molecule has 0 unspecified atom stereocenters. The van der Waals surface area contributed by atoms with Gasteiger partial charge in [-0.05, 0) is 40.5 Å². The van der Waals surface area contributed by atoms with Crippen molar-refractivity contribution in [2.75, 3.05) is 26.3 Å². The van der Waals surface area contributed by atoms with Crippen molar-refractivity contribution in [3.05, 3.63) is 34.3 Å². The molecule has 4 nitrogen and oxygen atoms in total. The summed E-state index contributed by atoms with van der Waals surface area (Å²) < 4.78 is 8.33. The van der Waals surface area contributed by atoms with E-state index in [0.717, 1.165) is 43.3 Å². The van der Waals surface area contributed by atoms with Crippen molar-refractivity contribution in [3.63, 3.8) is 0 Å². The molecule has 2 aromatic heterocycles. The summed E-state index contributed by atoms with van der Waals surface area (Å²) in [6.45, 7) is 6.63. The Morgan fingerprint density at radius 2 is 2.17 bits per heavy atom. The van der Waals surface area contributed by atoms with Gasteiger partial charge < -0.3 is 4.74 Å². The molecular weight excluding hydrogens is 294 g/mol. The molecule has 1 saturated heterocycles. The molecule has 1 fully saturated rings. The van der Waals surface area contributed by atoms with Gasteiger partial charge in [0, 0.05) is 25.8 Å². The molecule has 18 heavy (non-hydrogen) atoms. The minimum atomic E-state index is 0.825. The summed E-state index contributed by atoms with van der Waals surface area (Å²) in [4.78, 5) is 7.01. The number of rotatable bonds is 2. The molecule has 0 atom stereocenters.